The summed E-state index contributed by atoms with van der Waals surface area (Å²) in [4.78, 5) is 19.1. The fourth-order valence-corrected chi connectivity index (χ4v) is 2.86. The van der Waals surface area contributed by atoms with Gasteiger partial charge >= 0.3 is 0 Å². The molecule has 0 aliphatic carbocycles. The van der Waals surface area contributed by atoms with Crippen molar-refractivity contribution in [2.24, 2.45) is 5.92 Å². The minimum absolute atomic E-state index is 0.0567. The molecule has 0 saturated carbocycles. The monoisotopic (exact) mass is 295 g/mol. The van der Waals surface area contributed by atoms with E-state index in [4.69, 9.17) is 9.72 Å². The predicted octanol–water partition coefficient (Wildman–Crippen LogP) is 2.35. The van der Waals surface area contributed by atoms with Crippen molar-refractivity contribution in [2.45, 2.75) is 13.5 Å². The Hall–Kier alpha value is -2.40. The first-order valence-corrected chi connectivity index (χ1v) is 7.45. The van der Waals surface area contributed by atoms with Crippen LogP contribution in [0.2, 0.25) is 0 Å². The summed E-state index contributed by atoms with van der Waals surface area (Å²) in [5, 5.41) is 0. The molecule has 3 heterocycles. The molecule has 0 atom stereocenters. The van der Waals surface area contributed by atoms with Crippen LogP contribution in [0.25, 0.3) is 22.4 Å². The van der Waals surface area contributed by atoms with Crippen LogP contribution >= 0.6 is 0 Å². The molecular weight excluding hydrogens is 278 g/mol. The Morgan fingerprint density at radius 2 is 2.18 bits per heavy atom. The lowest BCUT2D eigenvalue weighted by Gasteiger charge is -2.27. The largest absolute Gasteiger partial charge is 0.381 e. The first-order valence-electron chi connectivity index (χ1n) is 7.45. The quantitative estimate of drug-likeness (QED) is 0.807. The number of H-pyrrole nitrogens is 1. The highest BCUT2D eigenvalue weighted by atomic mass is 16.5. The van der Waals surface area contributed by atoms with Gasteiger partial charge in [-0.1, -0.05) is 12.1 Å². The highest BCUT2D eigenvalue weighted by molar-refractivity contribution is 5.80. The second-order valence-electron chi connectivity index (χ2n) is 5.84. The molecule has 2 aromatic heterocycles. The zero-order valence-corrected chi connectivity index (χ0v) is 12.4. The van der Waals surface area contributed by atoms with E-state index in [0.29, 0.717) is 11.5 Å². The summed E-state index contributed by atoms with van der Waals surface area (Å²) in [7, 11) is 0. The molecule has 3 aromatic rings. The second-order valence-corrected chi connectivity index (χ2v) is 5.84. The Kier molecular flexibility index (Phi) is 3.08. The van der Waals surface area contributed by atoms with Gasteiger partial charge in [0.1, 0.15) is 5.82 Å². The van der Waals surface area contributed by atoms with Crippen LogP contribution in [0.4, 0.5) is 0 Å². The van der Waals surface area contributed by atoms with E-state index in [0.717, 1.165) is 42.2 Å². The van der Waals surface area contributed by atoms with Gasteiger partial charge < -0.3 is 14.3 Å². The smallest absolute Gasteiger partial charge is 0.250 e. The Balaban J connectivity index is 1.89. The fraction of sp³-hybridized carbons (Fsp3) is 0.294. The van der Waals surface area contributed by atoms with Gasteiger partial charge in [-0.15, -0.1) is 0 Å². The average Bonchev–Trinajstić information content (AvgIpc) is 2.84. The fourth-order valence-electron chi connectivity index (χ4n) is 2.86. The molecule has 1 aliphatic rings. The van der Waals surface area contributed by atoms with Crippen molar-refractivity contribution in [3.05, 3.63) is 52.4 Å². The van der Waals surface area contributed by atoms with Crippen molar-refractivity contribution < 1.29 is 4.74 Å². The van der Waals surface area contributed by atoms with Crippen LogP contribution in [0.5, 0.6) is 0 Å². The number of aryl methyl sites for hydroxylation is 1. The summed E-state index contributed by atoms with van der Waals surface area (Å²) in [6.45, 7) is 4.30. The topological polar surface area (TPSA) is 59.9 Å². The Bertz CT molecular complexity index is 890. The van der Waals surface area contributed by atoms with Gasteiger partial charge in [-0.25, -0.2) is 4.98 Å². The maximum atomic E-state index is 11.6. The number of aromatic nitrogens is 3. The van der Waals surface area contributed by atoms with Gasteiger partial charge in [0.15, 0.2) is 0 Å². The van der Waals surface area contributed by atoms with Crippen LogP contribution in [0, 0.1) is 12.8 Å². The Labute approximate surface area is 127 Å². The van der Waals surface area contributed by atoms with Gasteiger partial charge in [0.05, 0.1) is 24.2 Å². The molecule has 0 spiro atoms. The van der Waals surface area contributed by atoms with Crippen molar-refractivity contribution in [3.63, 3.8) is 0 Å². The van der Waals surface area contributed by atoms with E-state index in [9.17, 15) is 4.79 Å². The Morgan fingerprint density at radius 3 is 2.91 bits per heavy atom. The van der Waals surface area contributed by atoms with Gasteiger partial charge in [-0.05, 0) is 25.1 Å². The predicted molar refractivity (Wildman–Crippen MR) is 84.8 cm³/mol. The number of nitrogens with one attached hydrogen (secondary N) is 1. The lowest BCUT2D eigenvalue weighted by Crippen LogP contribution is -2.31. The van der Waals surface area contributed by atoms with E-state index in [1.165, 1.54) is 0 Å². The SMILES string of the molecule is Cc1cc(-c2nc3ccccc3n2CC2COC2)c[nH]c1=O. The number of para-hydroxylation sites is 2. The minimum Gasteiger partial charge on any atom is -0.381 e. The summed E-state index contributed by atoms with van der Waals surface area (Å²) in [5.41, 5.74) is 3.67. The molecule has 1 fully saturated rings. The van der Waals surface area contributed by atoms with Crippen LogP contribution in [-0.4, -0.2) is 27.7 Å². The van der Waals surface area contributed by atoms with Gasteiger partial charge in [0.2, 0.25) is 0 Å². The lowest BCUT2D eigenvalue weighted by atomic mass is 10.1. The summed E-state index contributed by atoms with van der Waals surface area (Å²) >= 11 is 0. The van der Waals surface area contributed by atoms with E-state index in [-0.39, 0.29) is 5.56 Å². The van der Waals surface area contributed by atoms with Gasteiger partial charge in [0, 0.05) is 29.8 Å². The number of fused-ring (bicyclic) bond motifs is 1. The molecule has 22 heavy (non-hydrogen) atoms. The molecule has 5 nitrogen and oxygen atoms in total. The second kappa shape index (κ2) is 5.10. The Morgan fingerprint density at radius 1 is 1.36 bits per heavy atom. The molecule has 1 aromatic carbocycles. The maximum absolute atomic E-state index is 11.6. The maximum Gasteiger partial charge on any atom is 0.250 e. The highest BCUT2D eigenvalue weighted by Gasteiger charge is 2.22. The van der Waals surface area contributed by atoms with Crippen LogP contribution in [0.3, 0.4) is 0 Å². The number of nitrogens with zero attached hydrogens (tertiary/aromatic N) is 2. The number of aromatic amines is 1. The van der Waals surface area contributed by atoms with Crippen LogP contribution in [-0.2, 0) is 11.3 Å². The summed E-state index contributed by atoms with van der Waals surface area (Å²) in [6, 6.07) is 10.0. The van der Waals surface area contributed by atoms with Gasteiger partial charge in [-0.3, -0.25) is 4.79 Å². The summed E-state index contributed by atoms with van der Waals surface area (Å²) < 4.78 is 7.53. The number of hydrogen-bond acceptors (Lipinski definition) is 3. The zero-order chi connectivity index (χ0) is 15.1. The number of benzene rings is 1. The number of pyridine rings is 1. The summed E-state index contributed by atoms with van der Waals surface area (Å²) in [6.07, 6.45) is 1.74. The van der Waals surface area contributed by atoms with E-state index < -0.39 is 0 Å². The zero-order valence-electron chi connectivity index (χ0n) is 12.4. The molecule has 5 heteroatoms. The van der Waals surface area contributed by atoms with Crippen molar-refractivity contribution >= 4 is 11.0 Å². The minimum atomic E-state index is -0.0567. The van der Waals surface area contributed by atoms with Crippen LogP contribution in [0.1, 0.15) is 5.56 Å². The van der Waals surface area contributed by atoms with Crippen molar-refractivity contribution in [1.29, 1.82) is 0 Å². The third kappa shape index (κ3) is 2.14. The van der Waals surface area contributed by atoms with Crippen molar-refractivity contribution in [1.82, 2.24) is 14.5 Å². The molecule has 4 rings (SSSR count). The first kappa shape index (κ1) is 13.3. The molecule has 1 N–H and O–H groups in total. The molecule has 0 bridgehead atoms. The lowest BCUT2D eigenvalue weighted by molar-refractivity contribution is -0.0387. The van der Waals surface area contributed by atoms with E-state index >= 15 is 0 Å². The first-order chi connectivity index (χ1) is 10.7. The molecule has 0 amide bonds. The summed E-state index contributed by atoms with van der Waals surface area (Å²) in [5.74, 6) is 1.42. The molecule has 112 valence electrons. The van der Waals surface area contributed by atoms with Crippen molar-refractivity contribution in [2.75, 3.05) is 13.2 Å². The third-order valence-corrected chi connectivity index (χ3v) is 4.15. The molecule has 0 unspecified atom stereocenters. The molecule has 0 radical (unpaired) electrons. The van der Waals surface area contributed by atoms with Gasteiger partial charge in [-0.2, -0.15) is 0 Å². The molecule has 1 aliphatic heterocycles. The van der Waals surface area contributed by atoms with Crippen LogP contribution < -0.4 is 5.56 Å². The number of rotatable bonds is 3. The molecular formula is C17H17N3O2. The number of imidazole rings is 1. The van der Waals surface area contributed by atoms with Crippen molar-refractivity contribution in [3.8, 4) is 11.4 Å². The van der Waals surface area contributed by atoms with E-state index in [1.807, 2.05) is 31.2 Å². The van der Waals surface area contributed by atoms with E-state index in [2.05, 4.69) is 15.6 Å². The third-order valence-electron chi connectivity index (χ3n) is 4.15. The normalized spacial score (nSPS) is 15.1. The molecule has 1 saturated heterocycles. The number of hydrogen-bond donors (Lipinski definition) is 1. The standard InChI is InChI=1S/C17H17N3O2/c1-11-6-13(7-18-17(11)21)16-19-14-4-2-3-5-15(14)20(16)8-12-9-22-10-12/h2-7,12H,8-10H2,1H3,(H,18,21). The number of ether oxygens (including phenoxy) is 1. The van der Waals surface area contributed by atoms with Gasteiger partial charge in [0.25, 0.3) is 5.56 Å². The van der Waals surface area contributed by atoms with E-state index in [1.54, 1.807) is 6.20 Å². The van der Waals surface area contributed by atoms with Crippen LogP contribution in [0.15, 0.2) is 41.3 Å². The highest BCUT2D eigenvalue weighted by Crippen LogP contribution is 2.26. The average molecular weight is 295 g/mol.